The molecule has 1 aromatic carbocycles. The summed E-state index contributed by atoms with van der Waals surface area (Å²) >= 11 is 0. The number of carboxylic acid groups (broad SMARTS) is 1. The summed E-state index contributed by atoms with van der Waals surface area (Å²) in [7, 11) is 0. The zero-order valence-corrected chi connectivity index (χ0v) is 16.0. The van der Waals surface area contributed by atoms with Gasteiger partial charge in [0, 0.05) is 6.54 Å². The van der Waals surface area contributed by atoms with Crippen molar-refractivity contribution in [1.29, 1.82) is 0 Å². The Hall–Kier alpha value is -1.99. The molecular formula is C18H27ClN2O5. The second kappa shape index (κ2) is 10.9. The molecule has 0 saturated heterocycles. The summed E-state index contributed by atoms with van der Waals surface area (Å²) in [5, 5.41) is 12.0. The van der Waals surface area contributed by atoms with Gasteiger partial charge in [-0.2, -0.15) is 0 Å². The van der Waals surface area contributed by atoms with Crippen LogP contribution in [0.5, 0.6) is 11.5 Å². The maximum Gasteiger partial charge on any atom is 0.320 e. The van der Waals surface area contributed by atoms with Gasteiger partial charge in [-0.05, 0) is 25.5 Å². The van der Waals surface area contributed by atoms with Crippen molar-refractivity contribution in [2.24, 2.45) is 0 Å². The lowest BCUT2D eigenvalue weighted by atomic mass is 10.1. The molecule has 7 nitrogen and oxygen atoms in total. The fourth-order valence-corrected chi connectivity index (χ4v) is 2.73. The van der Waals surface area contributed by atoms with Crippen LogP contribution in [0.4, 0.5) is 0 Å². The highest BCUT2D eigenvalue weighted by atomic mass is 35.5. The molecule has 1 aliphatic rings. The van der Waals surface area contributed by atoms with Crippen LogP contribution in [0.25, 0.3) is 0 Å². The fourth-order valence-electron chi connectivity index (χ4n) is 2.73. The van der Waals surface area contributed by atoms with Gasteiger partial charge in [-0.15, -0.1) is 12.4 Å². The van der Waals surface area contributed by atoms with Gasteiger partial charge >= 0.3 is 5.97 Å². The number of carbonyl (C=O) groups excluding carboxylic acids is 1. The Bertz CT molecular complexity index is 599. The molecule has 1 heterocycles. The number of aliphatic carboxylic acids is 1. The van der Waals surface area contributed by atoms with E-state index in [9.17, 15) is 9.59 Å². The Labute approximate surface area is 160 Å². The predicted molar refractivity (Wildman–Crippen MR) is 100 cm³/mol. The van der Waals surface area contributed by atoms with Gasteiger partial charge in [-0.1, -0.05) is 25.5 Å². The molecule has 2 rings (SSSR count). The minimum absolute atomic E-state index is 0. The van der Waals surface area contributed by atoms with Crippen molar-refractivity contribution < 1.29 is 24.2 Å². The van der Waals surface area contributed by atoms with Crippen LogP contribution in [-0.4, -0.2) is 60.3 Å². The van der Waals surface area contributed by atoms with E-state index in [0.717, 1.165) is 6.42 Å². The second-order valence-electron chi connectivity index (χ2n) is 5.99. The first-order valence-electron chi connectivity index (χ1n) is 8.67. The van der Waals surface area contributed by atoms with Crippen LogP contribution in [-0.2, 0) is 9.59 Å². The largest absolute Gasteiger partial charge is 0.486 e. The number of carbonyl (C=O) groups is 2. The summed E-state index contributed by atoms with van der Waals surface area (Å²) in [5.41, 5.74) is 0. The molecule has 0 aliphatic carbocycles. The zero-order chi connectivity index (χ0) is 18.2. The Balaban J connectivity index is 0.00000338. The molecule has 0 bridgehead atoms. The maximum absolute atomic E-state index is 12.4. The van der Waals surface area contributed by atoms with Gasteiger partial charge in [0.25, 0.3) is 0 Å². The number of ether oxygens (including phenoxy) is 2. The summed E-state index contributed by atoms with van der Waals surface area (Å²) in [6, 6.07) is 6.73. The van der Waals surface area contributed by atoms with E-state index >= 15 is 0 Å². The maximum atomic E-state index is 12.4. The molecule has 26 heavy (non-hydrogen) atoms. The minimum Gasteiger partial charge on any atom is -0.486 e. The highest BCUT2D eigenvalue weighted by Crippen LogP contribution is 2.30. The number of nitrogens with one attached hydrogen (secondary N) is 1. The van der Waals surface area contributed by atoms with E-state index in [2.05, 4.69) is 5.32 Å². The quantitative estimate of drug-likeness (QED) is 0.674. The predicted octanol–water partition coefficient (Wildman–Crippen LogP) is 1.94. The van der Waals surface area contributed by atoms with Crippen molar-refractivity contribution in [3.8, 4) is 11.5 Å². The first-order chi connectivity index (χ1) is 12.0. The monoisotopic (exact) mass is 386 g/mol. The number of carboxylic acids is 1. The molecule has 0 radical (unpaired) electrons. The third kappa shape index (κ3) is 6.07. The number of fused-ring (bicyclic) bond motifs is 1. The number of nitrogens with zero attached hydrogens (tertiary/aromatic N) is 1. The molecule has 0 spiro atoms. The Morgan fingerprint density at radius 1 is 1.31 bits per heavy atom. The van der Waals surface area contributed by atoms with E-state index in [0.29, 0.717) is 37.6 Å². The first kappa shape index (κ1) is 22.1. The molecule has 0 aromatic heterocycles. The Kier molecular flexibility index (Phi) is 9.23. The van der Waals surface area contributed by atoms with Gasteiger partial charge < -0.3 is 19.5 Å². The molecule has 1 aromatic rings. The molecule has 146 valence electrons. The lowest BCUT2D eigenvalue weighted by molar-refractivity contribution is -0.140. The third-order valence-corrected chi connectivity index (χ3v) is 4.10. The number of hydrogen-bond donors (Lipinski definition) is 2. The van der Waals surface area contributed by atoms with Gasteiger partial charge in [0.05, 0.1) is 13.1 Å². The van der Waals surface area contributed by atoms with Crippen molar-refractivity contribution in [3.63, 3.8) is 0 Å². The van der Waals surface area contributed by atoms with Crippen molar-refractivity contribution in [2.45, 2.75) is 38.8 Å². The smallest absolute Gasteiger partial charge is 0.320 e. The van der Waals surface area contributed by atoms with Crippen molar-refractivity contribution in [3.05, 3.63) is 24.3 Å². The van der Waals surface area contributed by atoms with Gasteiger partial charge in [-0.25, -0.2) is 0 Å². The molecular weight excluding hydrogens is 360 g/mol. The zero-order valence-electron chi connectivity index (χ0n) is 15.1. The number of para-hydroxylation sites is 2. The second-order valence-corrected chi connectivity index (χ2v) is 5.99. The van der Waals surface area contributed by atoms with Crippen LogP contribution in [0.2, 0.25) is 0 Å². The van der Waals surface area contributed by atoms with E-state index in [1.165, 1.54) is 0 Å². The average molecular weight is 387 g/mol. The van der Waals surface area contributed by atoms with Gasteiger partial charge in [0.1, 0.15) is 12.6 Å². The SMILES string of the molecule is CCCC(NCC(=O)N(CC)CC1COc2ccccc2O1)C(=O)O.Cl. The van der Waals surface area contributed by atoms with Crippen LogP contribution in [0.15, 0.2) is 24.3 Å². The number of amides is 1. The summed E-state index contributed by atoms with van der Waals surface area (Å²) in [5.74, 6) is 0.304. The van der Waals surface area contributed by atoms with Gasteiger partial charge in [0.2, 0.25) is 5.91 Å². The Morgan fingerprint density at radius 2 is 2.00 bits per heavy atom. The van der Waals surface area contributed by atoms with E-state index in [1.807, 2.05) is 38.1 Å². The Morgan fingerprint density at radius 3 is 2.62 bits per heavy atom. The molecule has 1 amide bonds. The van der Waals surface area contributed by atoms with Crippen LogP contribution >= 0.6 is 12.4 Å². The highest BCUT2D eigenvalue weighted by molar-refractivity contribution is 5.85. The van der Waals surface area contributed by atoms with E-state index in [-0.39, 0.29) is 31.0 Å². The topological polar surface area (TPSA) is 88.1 Å². The standard InChI is InChI=1S/C18H26N2O5.ClH/c1-3-7-14(18(22)23)19-10-17(21)20(4-2)11-13-12-24-15-8-5-6-9-16(15)25-13;/h5-6,8-9,13-14,19H,3-4,7,10-12H2,1-2H3,(H,22,23);1H. The highest BCUT2D eigenvalue weighted by Gasteiger charge is 2.25. The van der Waals surface area contributed by atoms with E-state index < -0.39 is 12.0 Å². The number of hydrogen-bond acceptors (Lipinski definition) is 5. The van der Waals surface area contributed by atoms with Gasteiger partial charge in [0.15, 0.2) is 17.6 Å². The van der Waals surface area contributed by atoms with Crippen LogP contribution in [0.1, 0.15) is 26.7 Å². The molecule has 8 heteroatoms. The van der Waals surface area contributed by atoms with Crippen LogP contribution in [0, 0.1) is 0 Å². The van der Waals surface area contributed by atoms with Crippen molar-refractivity contribution in [1.82, 2.24) is 10.2 Å². The van der Waals surface area contributed by atoms with Crippen LogP contribution < -0.4 is 14.8 Å². The first-order valence-corrected chi connectivity index (χ1v) is 8.67. The average Bonchev–Trinajstić information content (AvgIpc) is 2.62. The van der Waals surface area contributed by atoms with Crippen LogP contribution in [0.3, 0.4) is 0 Å². The molecule has 0 saturated carbocycles. The molecule has 1 aliphatic heterocycles. The van der Waals surface area contributed by atoms with E-state index in [4.69, 9.17) is 14.6 Å². The summed E-state index contributed by atoms with van der Waals surface area (Å²) in [6.45, 7) is 5.09. The minimum atomic E-state index is -0.932. The summed E-state index contributed by atoms with van der Waals surface area (Å²) in [4.78, 5) is 25.2. The number of likely N-dealkylation sites (N-methyl/N-ethyl adjacent to an activating group) is 1. The molecule has 2 unspecified atom stereocenters. The van der Waals surface area contributed by atoms with Crippen molar-refractivity contribution in [2.75, 3.05) is 26.2 Å². The summed E-state index contributed by atoms with van der Waals surface area (Å²) < 4.78 is 11.5. The number of halogens is 1. The lowest BCUT2D eigenvalue weighted by Crippen LogP contribution is -2.48. The van der Waals surface area contributed by atoms with Crippen molar-refractivity contribution >= 4 is 24.3 Å². The number of rotatable bonds is 9. The third-order valence-electron chi connectivity index (χ3n) is 4.10. The van der Waals surface area contributed by atoms with Gasteiger partial charge in [-0.3, -0.25) is 14.9 Å². The molecule has 2 atom stereocenters. The fraction of sp³-hybridized carbons (Fsp3) is 0.556. The molecule has 0 fully saturated rings. The normalized spacial score (nSPS) is 16.3. The molecule has 2 N–H and O–H groups in total. The summed E-state index contributed by atoms with van der Waals surface area (Å²) in [6.07, 6.45) is 0.984. The van der Waals surface area contributed by atoms with E-state index in [1.54, 1.807) is 4.90 Å². The lowest BCUT2D eigenvalue weighted by Gasteiger charge is -2.31. The number of benzene rings is 1.